The fraction of sp³-hybridized carbons (Fsp3) is 0.562. The van der Waals surface area contributed by atoms with Crippen LogP contribution in [-0.4, -0.2) is 49.4 Å². The molecule has 0 saturated carbocycles. The molecule has 0 aromatic heterocycles. The third-order valence-corrected chi connectivity index (χ3v) is 3.37. The van der Waals surface area contributed by atoms with Crippen LogP contribution in [0.5, 0.6) is 0 Å². The first-order valence-corrected chi connectivity index (χ1v) is 7.21. The number of benzene rings is 1. The van der Waals surface area contributed by atoms with Crippen LogP contribution in [0, 0.1) is 6.92 Å². The average Bonchev–Trinajstić information content (AvgIpc) is 2.42. The predicted octanol–water partition coefficient (Wildman–Crippen LogP) is 1.62. The zero-order chi connectivity index (χ0) is 15.0. The Kier molecular flexibility index (Phi) is 7.26. The summed E-state index contributed by atoms with van der Waals surface area (Å²) >= 11 is 0. The highest BCUT2D eigenvalue weighted by molar-refractivity contribution is 5.76. The number of aryl methyl sites for hydroxylation is 1. The van der Waals surface area contributed by atoms with Gasteiger partial charge in [0.1, 0.15) is 0 Å². The predicted molar refractivity (Wildman–Crippen MR) is 83.4 cm³/mol. The largest absolute Gasteiger partial charge is 0.346 e. The van der Waals surface area contributed by atoms with Crippen LogP contribution in [0.25, 0.3) is 0 Å². The number of nitrogens with zero attached hydrogens (tertiary/aromatic N) is 2. The maximum atomic E-state index is 11.9. The Morgan fingerprint density at radius 3 is 2.65 bits per heavy atom. The zero-order valence-corrected chi connectivity index (χ0v) is 12.9. The van der Waals surface area contributed by atoms with Crippen molar-refractivity contribution >= 4 is 5.91 Å². The number of rotatable bonds is 8. The zero-order valence-electron chi connectivity index (χ0n) is 12.9. The van der Waals surface area contributed by atoms with Crippen molar-refractivity contribution in [3.63, 3.8) is 0 Å². The van der Waals surface area contributed by atoms with Gasteiger partial charge in [0.05, 0.1) is 0 Å². The first-order chi connectivity index (χ1) is 9.52. The van der Waals surface area contributed by atoms with Crippen LogP contribution in [-0.2, 0) is 11.3 Å². The molecule has 0 fully saturated rings. The van der Waals surface area contributed by atoms with Gasteiger partial charge in [0.15, 0.2) is 0 Å². The second kappa shape index (κ2) is 8.72. The first-order valence-electron chi connectivity index (χ1n) is 7.21. The Morgan fingerprint density at radius 1 is 1.25 bits per heavy atom. The lowest BCUT2D eigenvalue weighted by Crippen LogP contribution is -2.32. The van der Waals surface area contributed by atoms with E-state index in [0.717, 1.165) is 26.1 Å². The molecule has 0 unspecified atom stereocenters. The van der Waals surface area contributed by atoms with Crippen molar-refractivity contribution in [1.29, 1.82) is 0 Å². The molecular weight excluding hydrogens is 250 g/mol. The standard InChI is InChI=1S/C16H27N3O/c1-14-6-4-7-15(12-14)13-18(2)11-8-16(20)19(3)10-5-9-17/h4,6-7,12H,5,8-11,13,17H2,1-3H3. The lowest BCUT2D eigenvalue weighted by molar-refractivity contribution is -0.130. The summed E-state index contributed by atoms with van der Waals surface area (Å²) in [6, 6.07) is 8.48. The van der Waals surface area contributed by atoms with Gasteiger partial charge < -0.3 is 15.5 Å². The molecule has 1 aromatic rings. The van der Waals surface area contributed by atoms with E-state index in [0.29, 0.717) is 13.0 Å². The molecule has 0 bridgehead atoms. The molecule has 1 aromatic carbocycles. The summed E-state index contributed by atoms with van der Waals surface area (Å²) in [6.45, 7) is 5.13. The average molecular weight is 277 g/mol. The maximum Gasteiger partial charge on any atom is 0.223 e. The summed E-state index contributed by atoms with van der Waals surface area (Å²) in [5.41, 5.74) is 8.01. The number of hydrogen-bond donors (Lipinski definition) is 1. The van der Waals surface area contributed by atoms with Gasteiger partial charge in [0, 0.05) is 33.1 Å². The Hall–Kier alpha value is -1.39. The molecule has 112 valence electrons. The third kappa shape index (κ3) is 6.17. The normalized spacial score (nSPS) is 10.8. The molecule has 1 rings (SSSR count). The van der Waals surface area contributed by atoms with Crippen LogP contribution in [0.15, 0.2) is 24.3 Å². The van der Waals surface area contributed by atoms with Gasteiger partial charge in [-0.1, -0.05) is 29.8 Å². The minimum atomic E-state index is 0.189. The number of nitrogens with two attached hydrogens (primary N) is 1. The van der Waals surface area contributed by atoms with Crippen molar-refractivity contribution in [3.8, 4) is 0 Å². The maximum absolute atomic E-state index is 11.9. The Morgan fingerprint density at radius 2 is 2.00 bits per heavy atom. The minimum Gasteiger partial charge on any atom is -0.346 e. The van der Waals surface area contributed by atoms with Crippen molar-refractivity contribution in [2.24, 2.45) is 5.73 Å². The van der Waals surface area contributed by atoms with Gasteiger partial charge in [-0.25, -0.2) is 0 Å². The highest BCUT2D eigenvalue weighted by Crippen LogP contribution is 2.07. The molecule has 0 aliphatic carbocycles. The van der Waals surface area contributed by atoms with Crippen molar-refractivity contribution < 1.29 is 4.79 Å². The molecule has 2 N–H and O–H groups in total. The smallest absolute Gasteiger partial charge is 0.223 e. The molecule has 0 saturated heterocycles. The minimum absolute atomic E-state index is 0.189. The summed E-state index contributed by atoms with van der Waals surface area (Å²) in [5.74, 6) is 0.189. The van der Waals surface area contributed by atoms with Gasteiger partial charge in [-0.05, 0) is 32.5 Å². The lowest BCUT2D eigenvalue weighted by Gasteiger charge is -2.20. The van der Waals surface area contributed by atoms with Gasteiger partial charge in [-0.2, -0.15) is 0 Å². The summed E-state index contributed by atoms with van der Waals surface area (Å²) in [4.78, 5) is 15.9. The highest BCUT2D eigenvalue weighted by atomic mass is 16.2. The Labute approximate surface area is 122 Å². The van der Waals surface area contributed by atoms with Gasteiger partial charge in [-0.3, -0.25) is 4.79 Å². The number of carbonyl (C=O) groups is 1. The molecule has 4 nitrogen and oxygen atoms in total. The third-order valence-electron chi connectivity index (χ3n) is 3.37. The molecule has 4 heteroatoms. The van der Waals surface area contributed by atoms with Crippen LogP contribution in [0.2, 0.25) is 0 Å². The number of hydrogen-bond acceptors (Lipinski definition) is 3. The van der Waals surface area contributed by atoms with E-state index in [4.69, 9.17) is 5.73 Å². The van der Waals surface area contributed by atoms with Gasteiger partial charge in [0.2, 0.25) is 5.91 Å². The molecule has 20 heavy (non-hydrogen) atoms. The number of carbonyl (C=O) groups excluding carboxylic acids is 1. The molecule has 0 radical (unpaired) electrons. The Bertz CT molecular complexity index is 420. The quantitative estimate of drug-likeness (QED) is 0.785. The molecule has 0 heterocycles. The van der Waals surface area contributed by atoms with Crippen molar-refractivity contribution in [2.45, 2.75) is 26.3 Å². The summed E-state index contributed by atoms with van der Waals surface area (Å²) in [6.07, 6.45) is 1.42. The van der Waals surface area contributed by atoms with Crippen LogP contribution in [0.1, 0.15) is 24.0 Å². The molecular formula is C16H27N3O. The molecule has 0 aliphatic rings. The van der Waals surface area contributed by atoms with Gasteiger partial charge in [0.25, 0.3) is 0 Å². The van der Waals surface area contributed by atoms with E-state index in [1.807, 2.05) is 7.05 Å². The van der Waals surface area contributed by atoms with E-state index < -0.39 is 0 Å². The van der Waals surface area contributed by atoms with E-state index in [9.17, 15) is 4.79 Å². The Balaban J connectivity index is 2.32. The van der Waals surface area contributed by atoms with Gasteiger partial charge in [-0.15, -0.1) is 0 Å². The topological polar surface area (TPSA) is 49.6 Å². The summed E-state index contributed by atoms with van der Waals surface area (Å²) < 4.78 is 0. The van der Waals surface area contributed by atoms with E-state index in [1.54, 1.807) is 4.90 Å². The van der Waals surface area contributed by atoms with Crippen LogP contribution < -0.4 is 5.73 Å². The van der Waals surface area contributed by atoms with E-state index in [1.165, 1.54) is 11.1 Å². The molecule has 0 spiro atoms. The van der Waals surface area contributed by atoms with E-state index in [-0.39, 0.29) is 5.91 Å². The van der Waals surface area contributed by atoms with Crippen molar-refractivity contribution in [2.75, 3.05) is 33.7 Å². The van der Waals surface area contributed by atoms with E-state index >= 15 is 0 Å². The second-order valence-corrected chi connectivity index (χ2v) is 5.43. The summed E-state index contributed by atoms with van der Waals surface area (Å²) in [7, 11) is 3.90. The fourth-order valence-electron chi connectivity index (χ4n) is 2.13. The van der Waals surface area contributed by atoms with Crippen LogP contribution >= 0.6 is 0 Å². The molecule has 0 aliphatic heterocycles. The van der Waals surface area contributed by atoms with Gasteiger partial charge >= 0.3 is 0 Å². The fourth-order valence-corrected chi connectivity index (χ4v) is 2.13. The monoisotopic (exact) mass is 277 g/mol. The van der Waals surface area contributed by atoms with Crippen molar-refractivity contribution in [1.82, 2.24) is 9.80 Å². The first kappa shape index (κ1) is 16.7. The summed E-state index contributed by atoms with van der Waals surface area (Å²) in [5, 5.41) is 0. The van der Waals surface area contributed by atoms with E-state index in [2.05, 4.69) is 43.1 Å². The van der Waals surface area contributed by atoms with Crippen LogP contribution in [0.3, 0.4) is 0 Å². The van der Waals surface area contributed by atoms with Crippen molar-refractivity contribution in [3.05, 3.63) is 35.4 Å². The molecule has 1 amide bonds. The lowest BCUT2D eigenvalue weighted by atomic mass is 10.1. The highest BCUT2D eigenvalue weighted by Gasteiger charge is 2.09. The van der Waals surface area contributed by atoms with Crippen LogP contribution in [0.4, 0.5) is 0 Å². The SMILES string of the molecule is Cc1cccc(CN(C)CCC(=O)N(C)CCCN)c1. The molecule has 0 atom stereocenters. The second-order valence-electron chi connectivity index (χ2n) is 5.43. The number of amides is 1.